The van der Waals surface area contributed by atoms with E-state index in [2.05, 4.69) is 15.9 Å². The standard InChI is InChI=1S/C24H15BrF3NO3/c1-12-10-14(4-8-17(12)25)22(30)20-21(13-2-5-15(26)6-3-13)29(24(32)23(20)31)19-11-16(27)7-9-18(19)28/h2-11,21,30H,1H3/b22-20+. The SMILES string of the molecule is Cc1cc(/C(O)=C2\C(=O)C(=O)N(c3cc(F)ccc3F)C2c2ccc(F)cc2)ccc1Br. The van der Waals surface area contributed by atoms with E-state index in [9.17, 15) is 27.9 Å². The molecule has 1 amide bonds. The number of benzene rings is 3. The fourth-order valence-corrected chi connectivity index (χ4v) is 3.91. The van der Waals surface area contributed by atoms with Crippen molar-refractivity contribution in [3.63, 3.8) is 0 Å². The molecule has 1 N–H and O–H groups in total. The monoisotopic (exact) mass is 501 g/mol. The average molecular weight is 502 g/mol. The molecule has 1 aliphatic rings. The number of carbonyl (C=O) groups excluding carboxylic acids is 2. The highest BCUT2D eigenvalue weighted by Crippen LogP contribution is 2.43. The van der Waals surface area contributed by atoms with Gasteiger partial charge in [0.15, 0.2) is 0 Å². The molecule has 0 saturated carbocycles. The average Bonchev–Trinajstić information content (AvgIpc) is 3.02. The molecule has 1 heterocycles. The summed E-state index contributed by atoms with van der Waals surface area (Å²) in [6.07, 6.45) is 0. The number of hydrogen-bond donors (Lipinski definition) is 1. The van der Waals surface area contributed by atoms with Gasteiger partial charge in [-0.25, -0.2) is 13.2 Å². The Morgan fingerprint density at radius 2 is 1.59 bits per heavy atom. The maximum Gasteiger partial charge on any atom is 0.300 e. The zero-order chi connectivity index (χ0) is 23.2. The van der Waals surface area contributed by atoms with Gasteiger partial charge in [-0.2, -0.15) is 0 Å². The van der Waals surface area contributed by atoms with E-state index in [-0.39, 0.29) is 16.7 Å². The molecule has 3 aromatic rings. The fraction of sp³-hybridized carbons (Fsp3) is 0.0833. The second-order valence-corrected chi connectivity index (χ2v) is 8.13. The van der Waals surface area contributed by atoms with Crippen LogP contribution in [0.15, 0.2) is 70.7 Å². The Morgan fingerprint density at radius 3 is 2.25 bits per heavy atom. The number of rotatable bonds is 3. The van der Waals surface area contributed by atoms with E-state index in [4.69, 9.17) is 0 Å². The van der Waals surface area contributed by atoms with Crippen LogP contribution in [0.2, 0.25) is 0 Å². The molecule has 3 aromatic carbocycles. The topological polar surface area (TPSA) is 57.6 Å². The molecule has 1 unspecified atom stereocenters. The number of aliphatic hydroxyl groups excluding tert-OH is 1. The van der Waals surface area contributed by atoms with Crippen molar-refractivity contribution in [3.8, 4) is 0 Å². The van der Waals surface area contributed by atoms with Gasteiger partial charge in [-0.1, -0.05) is 34.1 Å². The Hall–Kier alpha value is -3.39. The van der Waals surface area contributed by atoms with E-state index in [0.717, 1.165) is 45.3 Å². The molecule has 0 spiro atoms. The van der Waals surface area contributed by atoms with Gasteiger partial charge in [0, 0.05) is 16.1 Å². The lowest BCUT2D eigenvalue weighted by atomic mass is 9.94. The summed E-state index contributed by atoms with van der Waals surface area (Å²) in [5.74, 6) is -5.00. The van der Waals surface area contributed by atoms with Crippen molar-refractivity contribution in [2.24, 2.45) is 0 Å². The number of carbonyl (C=O) groups is 2. The van der Waals surface area contributed by atoms with Crippen molar-refractivity contribution in [3.05, 3.63) is 105 Å². The molecule has 162 valence electrons. The molecule has 1 atom stereocenters. The number of ketones is 1. The van der Waals surface area contributed by atoms with Crippen molar-refractivity contribution in [2.75, 3.05) is 4.90 Å². The molecular formula is C24H15BrF3NO3. The van der Waals surface area contributed by atoms with Crippen LogP contribution in [0.5, 0.6) is 0 Å². The first-order chi connectivity index (χ1) is 15.2. The lowest BCUT2D eigenvalue weighted by Gasteiger charge is -2.25. The first-order valence-electron chi connectivity index (χ1n) is 9.47. The van der Waals surface area contributed by atoms with Gasteiger partial charge < -0.3 is 5.11 Å². The first-order valence-corrected chi connectivity index (χ1v) is 10.3. The highest BCUT2D eigenvalue weighted by Gasteiger charge is 2.47. The van der Waals surface area contributed by atoms with Crippen LogP contribution in [-0.4, -0.2) is 16.8 Å². The quantitative estimate of drug-likeness (QED) is 0.280. The summed E-state index contributed by atoms with van der Waals surface area (Å²) in [6, 6.07) is 10.9. The number of amides is 1. The van der Waals surface area contributed by atoms with Gasteiger partial charge in [-0.3, -0.25) is 14.5 Å². The minimum atomic E-state index is -1.30. The summed E-state index contributed by atoms with van der Waals surface area (Å²) in [7, 11) is 0. The van der Waals surface area contributed by atoms with Crippen LogP contribution < -0.4 is 4.90 Å². The van der Waals surface area contributed by atoms with Gasteiger partial charge in [0.1, 0.15) is 23.2 Å². The Bertz CT molecular complexity index is 1290. The molecule has 0 radical (unpaired) electrons. The highest BCUT2D eigenvalue weighted by molar-refractivity contribution is 9.10. The number of Topliss-reactive ketones (excluding diaryl/α,β-unsaturated/α-hetero) is 1. The molecule has 4 rings (SSSR count). The maximum absolute atomic E-state index is 14.6. The second-order valence-electron chi connectivity index (χ2n) is 7.28. The molecule has 4 nitrogen and oxygen atoms in total. The predicted octanol–water partition coefficient (Wildman–Crippen LogP) is 5.80. The van der Waals surface area contributed by atoms with Gasteiger partial charge in [0.2, 0.25) is 0 Å². The van der Waals surface area contributed by atoms with Crippen LogP contribution in [0.25, 0.3) is 5.76 Å². The van der Waals surface area contributed by atoms with Crippen LogP contribution in [-0.2, 0) is 9.59 Å². The second kappa shape index (κ2) is 8.27. The molecule has 8 heteroatoms. The lowest BCUT2D eigenvalue weighted by Crippen LogP contribution is -2.30. The molecule has 0 aliphatic carbocycles. The molecular weight excluding hydrogens is 487 g/mol. The predicted molar refractivity (Wildman–Crippen MR) is 116 cm³/mol. The van der Waals surface area contributed by atoms with E-state index in [1.54, 1.807) is 25.1 Å². The molecule has 1 aliphatic heterocycles. The zero-order valence-electron chi connectivity index (χ0n) is 16.6. The Morgan fingerprint density at radius 1 is 0.938 bits per heavy atom. The number of halogens is 4. The van der Waals surface area contributed by atoms with Gasteiger partial charge >= 0.3 is 0 Å². The molecule has 0 aromatic heterocycles. The third-order valence-corrected chi connectivity index (χ3v) is 6.12. The van der Waals surface area contributed by atoms with E-state index in [1.807, 2.05) is 0 Å². The van der Waals surface area contributed by atoms with E-state index in [0.29, 0.717) is 0 Å². The molecule has 1 fully saturated rings. The summed E-state index contributed by atoms with van der Waals surface area (Å²) in [4.78, 5) is 26.7. The molecule has 32 heavy (non-hydrogen) atoms. The third-order valence-electron chi connectivity index (χ3n) is 5.23. The number of anilines is 1. The van der Waals surface area contributed by atoms with Crippen LogP contribution in [0.3, 0.4) is 0 Å². The van der Waals surface area contributed by atoms with E-state index < -0.39 is 46.6 Å². The Balaban J connectivity index is 1.99. The Labute approximate surface area is 189 Å². The van der Waals surface area contributed by atoms with Crippen molar-refractivity contribution >= 4 is 39.1 Å². The van der Waals surface area contributed by atoms with Crippen LogP contribution in [0.4, 0.5) is 18.9 Å². The van der Waals surface area contributed by atoms with Gasteiger partial charge in [-0.05, 0) is 54.4 Å². The Kier molecular flexibility index (Phi) is 5.64. The zero-order valence-corrected chi connectivity index (χ0v) is 18.2. The minimum absolute atomic E-state index is 0.240. The molecule has 0 bridgehead atoms. The minimum Gasteiger partial charge on any atom is -0.507 e. The van der Waals surface area contributed by atoms with Crippen LogP contribution in [0.1, 0.15) is 22.7 Å². The summed E-state index contributed by atoms with van der Waals surface area (Å²) in [6.45, 7) is 1.78. The smallest absolute Gasteiger partial charge is 0.300 e. The van der Waals surface area contributed by atoms with Crippen molar-refractivity contribution in [1.82, 2.24) is 0 Å². The van der Waals surface area contributed by atoms with Gasteiger partial charge in [-0.15, -0.1) is 0 Å². The number of aryl methyl sites for hydroxylation is 1. The summed E-state index contributed by atoms with van der Waals surface area (Å²) in [5, 5.41) is 11.0. The van der Waals surface area contributed by atoms with Crippen LogP contribution >= 0.6 is 15.9 Å². The number of aliphatic hydroxyl groups is 1. The number of hydrogen-bond acceptors (Lipinski definition) is 3. The van der Waals surface area contributed by atoms with E-state index >= 15 is 0 Å². The largest absolute Gasteiger partial charge is 0.507 e. The van der Waals surface area contributed by atoms with Gasteiger partial charge in [0.25, 0.3) is 11.7 Å². The van der Waals surface area contributed by atoms with Crippen molar-refractivity contribution < 1.29 is 27.9 Å². The maximum atomic E-state index is 14.6. The fourth-order valence-electron chi connectivity index (χ4n) is 3.66. The third kappa shape index (κ3) is 3.71. The van der Waals surface area contributed by atoms with E-state index in [1.165, 1.54) is 12.1 Å². The van der Waals surface area contributed by atoms with Crippen molar-refractivity contribution in [1.29, 1.82) is 0 Å². The molecule has 1 saturated heterocycles. The van der Waals surface area contributed by atoms with Crippen LogP contribution in [0, 0.1) is 24.4 Å². The summed E-state index contributed by atoms with van der Waals surface area (Å²) < 4.78 is 42.8. The highest BCUT2D eigenvalue weighted by atomic mass is 79.9. The number of nitrogens with zero attached hydrogens (tertiary/aromatic N) is 1. The summed E-state index contributed by atoms with van der Waals surface area (Å²) in [5.41, 5.74) is 0.484. The normalized spacial score (nSPS) is 17.8. The summed E-state index contributed by atoms with van der Waals surface area (Å²) >= 11 is 3.35. The lowest BCUT2D eigenvalue weighted by molar-refractivity contribution is -0.132. The van der Waals surface area contributed by atoms with Crippen molar-refractivity contribution in [2.45, 2.75) is 13.0 Å². The first kappa shape index (κ1) is 21.8. The van der Waals surface area contributed by atoms with Gasteiger partial charge in [0.05, 0.1) is 17.3 Å².